The number of phenols is 1. The van der Waals surface area contributed by atoms with Gasteiger partial charge in [-0.2, -0.15) is 11.8 Å². The lowest BCUT2D eigenvalue weighted by Crippen LogP contribution is -2.35. The van der Waals surface area contributed by atoms with E-state index in [1.165, 1.54) is 5.75 Å². The Morgan fingerprint density at radius 3 is 2.50 bits per heavy atom. The maximum Gasteiger partial charge on any atom is 0.152 e. The molecule has 0 saturated carbocycles. The molecule has 2 nitrogen and oxygen atoms in total. The van der Waals surface area contributed by atoms with E-state index in [1.807, 2.05) is 11.8 Å². The van der Waals surface area contributed by atoms with Gasteiger partial charge in [-0.15, -0.1) is 0 Å². The first-order chi connectivity index (χ1) is 8.37. The molecule has 1 heterocycles. The van der Waals surface area contributed by atoms with E-state index in [1.54, 1.807) is 12.1 Å². The number of nitrogens with one attached hydrogen (secondary N) is 1. The summed E-state index contributed by atoms with van der Waals surface area (Å²) in [6.07, 6.45) is 1.12. The zero-order valence-electron chi connectivity index (χ0n) is 10.5. The maximum atomic E-state index is 9.52. The van der Waals surface area contributed by atoms with Gasteiger partial charge in [-0.25, -0.2) is 0 Å². The van der Waals surface area contributed by atoms with Crippen LogP contribution in [0, 0.1) is 5.41 Å². The maximum absolute atomic E-state index is 9.52. The molecule has 1 aromatic rings. The SMILES string of the molecule is CC1(C)CSCC(Nc2cc(Cl)c(O)c(Cl)c2)C1. The van der Waals surface area contributed by atoms with E-state index in [0.29, 0.717) is 11.5 Å². The van der Waals surface area contributed by atoms with Gasteiger partial charge in [-0.1, -0.05) is 37.0 Å². The van der Waals surface area contributed by atoms with Crippen molar-refractivity contribution in [3.63, 3.8) is 0 Å². The van der Waals surface area contributed by atoms with Gasteiger partial charge >= 0.3 is 0 Å². The van der Waals surface area contributed by atoms with Crippen LogP contribution in [0.25, 0.3) is 0 Å². The predicted octanol–water partition coefficient (Wildman–Crippen LogP) is 4.64. The molecule has 0 amide bonds. The summed E-state index contributed by atoms with van der Waals surface area (Å²) in [6, 6.07) is 3.85. The fourth-order valence-corrected chi connectivity index (χ4v) is 4.00. The fourth-order valence-electron chi connectivity index (χ4n) is 2.24. The molecule has 2 rings (SSSR count). The van der Waals surface area contributed by atoms with Crippen LogP contribution in [0.3, 0.4) is 0 Å². The van der Waals surface area contributed by atoms with Crippen molar-refractivity contribution in [3.05, 3.63) is 22.2 Å². The summed E-state index contributed by atoms with van der Waals surface area (Å²) >= 11 is 13.8. The van der Waals surface area contributed by atoms with Gasteiger partial charge in [0.25, 0.3) is 0 Å². The van der Waals surface area contributed by atoms with Crippen LogP contribution in [0.1, 0.15) is 20.3 Å². The van der Waals surface area contributed by atoms with Gasteiger partial charge in [0.2, 0.25) is 0 Å². The highest BCUT2D eigenvalue weighted by atomic mass is 35.5. The first-order valence-electron chi connectivity index (χ1n) is 5.90. The number of halogens is 2. The topological polar surface area (TPSA) is 32.3 Å². The molecule has 100 valence electrons. The number of rotatable bonds is 2. The second-order valence-corrected chi connectivity index (χ2v) is 7.36. The highest BCUT2D eigenvalue weighted by Gasteiger charge is 2.28. The summed E-state index contributed by atoms with van der Waals surface area (Å²) in [6.45, 7) is 4.56. The summed E-state index contributed by atoms with van der Waals surface area (Å²) in [5, 5.41) is 13.5. The van der Waals surface area contributed by atoms with Gasteiger partial charge in [0.05, 0.1) is 10.0 Å². The molecular weight excluding hydrogens is 289 g/mol. The zero-order valence-corrected chi connectivity index (χ0v) is 12.8. The Labute approximate surface area is 122 Å². The average molecular weight is 306 g/mol. The van der Waals surface area contributed by atoms with Crippen molar-refractivity contribution in [1.82, 2.24) is 0 Å². The molecule has 5 heteroatoms. The Morgan fingerprint density at radius 1 is 1.33 bits per heavy atom. The standard InChI is InChI=1S/C13H17Cl2NOS/c1-13(2)5-9(6-18-7-13)16-8-3-10(14)12(17)11(15)4-8/h3-4,9,16-17H,5-7H2,1-2H3. The van der Waals surface area contributed by atoms with Crippen molar-refractivity contribution in [1.29, 1.82) is 0 Å². The van der Waals surface area contributed by atoms with Gasteiger partial charge in [-0.3, -0.25) is 0 Å². The summed E-state index contributed by atoms with van der Waals surface area (Å²) in [7, 11) is 0. The van der Waals surface area contributed by atoms with Crippen molar-refractivity contribution in [2.24, 2.45) is 5.41 Å². The van der Waals surface area contributed by atoms with E-state index in [0.717, 1.165) is 17.9 Å². The van der Waals surface area contributed by atoms with E-state index < -0.39 is 0 Å². The average Bonchev–Trinajstić information content (AvgIpc) is 2.24. The Morgan fingerprint density at radius 2 is 1.94 bits per heavy atom. The molecule has 0 bridgehead atoms. The molecule has 1 aliphatic heterocycles. The van der Waals surface area contributed by atoms with Gasteiger partial charge < -0.3 is 10.4 Å². The Kier molecular flexibility index (Phi) is 4.25. The number of hydrogen-bond acceptors (Lipinski definition) is 3. The van der Waals surface area contributed by atoms with Gasteiger partial charge in [0.15, 0.2) is 5.75 Å². The van der Waals surface area contributed by atoms with Crippen molar-refractivity contribution in [3.8, 4) is 5.75 Å². The number of benzene rings is 1. The lowest BCUT2D eigenvalue weighted by molar-refractivity contribution is 0.358. The zero-order chi connectivity index (χ0) is 13.3. The Hall–Kier alpha value is -0.250. The molecule has 1 atom stereocenters. The third-order valence-electron chi connectivity index (χ3n) is 3.00. The first kappa shape index (κ1) is 14.2. The number of thioether (sulfide) groups is 1. The Balaban J connectivity index is 2.10. The van der Waals surface area contributed by atoms with E-state index >= 15 is 0 Å². The van der Waals surface area contributed by atoms with Crippen LogP contribution in [0.2, 0.25) is 10.0 Å². The fraction of sp³-hybridized carbons (Fsp3) is 0.538. The monoisotopic (exact) mass is 305 g/mol. The van der Waals surface area contributed by atoms with Gasteiger partial charge in [0.1, 0.15) is 0 Å². The third-order valence-corrected chi connectivity index (χ3v) is 5.20. The van der Waals surface area contributed by atoms with E-state index in [4.69, 9.17) is 23.2 Å². The van der Waals surface area contributed by atoms with Crippen molar-refractivity contribution >= 4 is 40.7 Å². The molecule has 1 saturated heterocycles. The summed E-state index contributed by atoms with van der Waals surface area (Å²) < 4.78 is 0. The molecule has 0 radical (unpaired) electrons. The summed E-state index contributed by atoms with van der Waals surface area (Å²) in [5.41, 5.74) is 1.22. The van der Waals surface area contributed by atoms with Crippen LogP contribution in [-0.4, -0.2) is 22.7 Å². The number of hydrogen-bond donors (Lipinski definition) is 2. The predicted molar refractivity (Wildman–Crippen MR) is 81.3 cm³/mol. The minimum Gasteiger partial charge on any atom is -0.505 e. The largest absolute Gasteiger partial charge is 0.505 e. The number of anilines is 1. The lowest BCUT2D eigenvalue weighted by atomic mass is 9.88. The summed E-state index contributed by atoms with van der Waals surface area (Å²) in [4.78, 5) is 0. The smallest absolute Gasteiger partial charge is 0.152 e. The molecule has 0 aromatic heterocycles. The quantitative estimate of drug-likeness (QED) is 0.781. The van der Waals surface area contributed by atoms with Crippen LogP contribution in [-0.2, 0) is 0 Å². The van der Waals surface area contributed by atoms with Crippen molar-refractivity contribution in [2.45, 2.75) is 26.3 Å². The van der Waals surface area contributed by atoms with Crippen LogP contribution in [0.5, 0.6) is 5.75 Å². The van der Waals surface area contributed by atoms with Crippen LogP contribution in [0.4, 0.5) is 5.69 Å². The highest BCUT2D eigenvalue weighted by molar-refractivity contribution is 7.99. The normalized spacial score (nSPS) is 22.8. The molecule has 18 heavy (non-hydrogen) atoms. The Bertz CT molecular complexity index is 428. The van der Waals surface area contributed by atoms with Crippen LogP contribution in [0.15, 0.2) is 12.1 Å². The molecular formula is C13H17Cl2NOS. The van der Waals surface area contributed by atoms with E-state index in [9.17, 15) is 5.11 Å². The highest BCUT2D eigenvalue weighted by Crippen LogP contribution is 2.37. The van der Waals surface area contributed by atoms with Crippen molar-refractivity contribution < 1.29 is 5.11 Å². The summed E-state index contributed by atoms with van der Waals surface area (Å²) in [5.74, 6) is 2.23. The number of aromatic hydroxyl groups is 1. The van der Waals surface area contributed by atoms with Crippen LogP contribution < -0.4 is 5.32 Å². The number of phenolic OH excluding ortho intramolecular Hbond substituents is 1. The van der Waals surface area contributed by atoms with E-state index in [-0.39, 0.29) is 15.8 Å². The van der Waals surface area contributed by atoms with Crippen LogP contribution >= 0.6 is 35.0 Å². The van der Waals surface area contributed by atoms with Crippen molar-refractivity contribution in [2.75, 3.05) is 16.8 Å². The molecule has 2 N–H and O–H groups in total. The minimum atomic E-state index is -0.0535. The lowest BCUT2D eigenvalue weighted by Gasteiger charge is -2.35. The van der Waals surface area contributed by atoms with Gasteiger partial charge in [0, 0.05) is 17.5 Å². The molecule has 1 fully saturated rings. The molecule has 1 unspecified atom stereocenters. The van der Waals surface area contributed by atoms with E-state index in [2.05, 4.69) is 19.2 Å². The van der Waals surface area contributed by atoms with Gasteiger partial charge in [-0.05, 0) is 29.7 Å². The molecule has 1 aromatic carbocycles. The second kappa shape index (κ2) is 5.40. The molecule has 0 spiro atoms. The molecule has 1 aliphatic rings. The third kappa shape index (κ3) is 3.40. The molecule has 0 aliphatic carbocycles. The minimum absolute atomic E-state index is 0.0535. The first-order valence-corrected chi connectivity index (χ1v) is 7.81. The second-order valence-electron chi connectivity index (χ2n) is 5.51.